The van der Waals surface area contributed by atoms with Crippen LogP contribution in [0, 0.1) is 0 Å². The minimum absolute atomic E-state index is 0.293. The molecule has 2 aromatic rings. The van der Waals surface area contributed by atoms with Crippen LogP contribution in [0.1, 0.15) is 20.7 Å². The molecule has 1 aromatic heterocycles. The number of benzene rings is 1. The molecule has 4 nitrogen and oxygen atoms in total. The van der Waals surface area contributed by atoms with Crippen LogP contribution < -0.4 is 11.1 Å². The second kappa shape index (κ2) is 3.43. The summed E-state index contributed by atoms with van der Waals surface area (Å²) in [5.74, 6) is -0.790. The highest BCUT2D eigenvalue weighted by Gasteiger charge is 2.32. The number of fused-ring (bicyclic) bond motifs is 1. The van der Waals surface area contributed by atoms with Gasteiger partial charge in [-0.05, 0) is 17.5 Å². The van der Waals surface area contributed by atoms with Gasteiger partial charge in [0.2, 0.25) is 0 Å². The van der Waals surface area contributed by atoms with Gasteiger partial charge in [0.1, 0.15) is 0 Å². The van der Waals surface area contributed by atoms with Crippen LogP contribution in [0.4, 0.5) is 5.69 Å². The topological polar surface area (TPSA) is 72.2 Å². The van der Waals surface area contributed by atoms with Crippen molar-refractivity contribution in [3.63, 3.8) is 0 Å². The normalized spacial score (nSPS) is 13.6. The number of anilines is 1. The second-order valence-electron chi connectivity index (χ2n) is 3.71. The van der Waals surface area contributed by atoms with Gasteiger partial charge in [0.15, 0.2) is 0 Å². The number of nitrogens with two attached hydrogens (primary N) is 1. The number of carbonyl (C=O) groups excluding carboxylic acids is 2. The fourth-order valence-corrected chi connectivity index (χ4v) is 2.72. The summed E-state index contributed by atoms with van der Waals surface area (Å²) < 4.78 is 0. The van der Waals surface area contributed by atoms with Gasteiger partial charge >= 0.3 is 0 Å². The highest BCUT2D eigenvalue weighted by Crippen LogP contribution is 2.34. The van der Waals surface area contributed by atoms with Gasteiger partial charge in [-0.1, -0.05) is 12.1 Å². The highest BCUT2D eigenvalue weighted by molar-refractivity contribution is 7.13. The van der Waals surface area contributed by atoms with Gasteiger partial charge in [0.05, 0.1) is 11.1 Å². The van der Waals surface area contributed by atoms with Gasteiger partial charge < -0.3 is 5.73 Å². The summed E-state index contributed by atoms with van der Waals surface area (Å²) in [5.41, 5.74) is 7.51. The lowest BCUT2D eigenvalue weighted by molar-refractivity contribution is 0.0880. The zero-order valence-electron chi connectivity index (χ0n) is 8.69. The van der Waals surface area contributed by atoms with Gasteiger partial charge in [0, 0.05) is 16.1 Å². The van der Waals surface area contributed by atoms with E-state index in [1.165, 1.54) is 11.3 Å². The molecule has 0 saturated heterocycles. The summed E-state index contributed by atoms with van der Waals surface area (Å²) in [6.45, 7) is 0. The molecule has 84 valence electrons. The SMILES string of the molecule is Nc1ccc(-c2cccs2)c2c1C(=O)NC2=O. The molecule has 0 fully saturated rings. The molecular formula is C12H8N2O2S. The molecule has 0 saturated carbocycles. The maximum absolute atomic E-state index is 11.8. The van der Waals surface area contributed by atoms with Crippen molar-refractivity contribution < 1.29 is 9.59 Å². The summed E-state index contributed by atoms with van der Waals surface area (Å²) in [4.78, 5) is 24.3. The zero-order valence-corrected chi connectivity index (χ0v) is 9.51. The van der Waals surface area contributed by atoms with E-state index < -0.39 is 5.91 Å². The number of amides is 2. The number of carbonyl (C=O) groups is 2. The van der Waals surface area contributed by atoms with Crippen molar-refractivity contribution in [1.82, 2.24) is 5.32 Å². The van der Waals surface area contributed by atoms with Gasteiger partial charge in [-0.25, -0.2) is 0 Å². The third kappa shape index (κ3) is 1.36. The molecule has 2 amide bonds. The maximum atomic E-state index is 11.8. The molecule has 1 aliphatic rings. The van der Waals surface area contributed by atoms with E-state index in [0.717, 1.165) is 10.4 Å². The van der Waals surface area contributed by atoms with Crippen LogP contribution in [0.2, 0.25) is 0 Å². The molecule has 1 aromatic carbocycles. The predicted molar refractivity (Wildman–Crippen MR) is 66.0 cm³/mol. The largest absolute Gasteiger partial charge is 0.398 e. The number of nitrogen functional groups attached to an aromatic ring is 1. The van der Waals surface area contributed by atoms with Crippen molar-refractivity contribution in [2.75, 3.05) is 5.73 Å². The molecule has 0 radical (unpaired) electrons. The van der Waals surface area contributed by atoms with E-state index in [1.54, 1.807) is 12.1 Å². The number of imide groups is 1. The molecule has 1 aliphatic heterocycles. The Kier molecular flexibility index (Phi) is 2.02. The van der Waals surface area contributed by atoms with Crippen molar-refractivity contribution in [1.29, 1.82) is 0 Å². The van der Waals surface area contributed by atoms with E-state index >= 15 is 0 Å². The van der Waals surface area contributed by atoms with Gasteiger partial charge in [0.25, 0.3) is 11.8 Å². The first-order valence-electron chi connectivity index (χ1n) is 5.00. The third-order valence-electron chi connectivity index (χ3n) is 2.71. The van der Waals surface area contributed by atoms with Crippen LogP contribution in [0.5, 0.6) is 0 Å². The van der Waals surface area contributed by atoms with Gasteiger partial charge in [-0.3, -0.25) is 14.9 Å². The standard InChI is InChI=1S/C12H8N2O2S/c13-7-4-3-6(8-2-1-5-17-8)9-10(7)12(16)14-11(9)15/h1-5H,13H2,(H,14,15,16). The molecule has 17 heavy (non-hydrogen) atoms. The van der Waals surface area contributed by atoms with Crippen LogP contribution in [-0.4, -0.2) is 11.8 Å². The molecule has 3 rings (SSSR count). The van der Waals surface area contributed by atoms with Crippen molar-refractivity contribution >= 4 is 28.8 Å². The molecule has 2 heterocycles. The lowest BCUT2D eigenvalue weighted by Crippen LogP contribution is -2.20. The van der Waals surface area contributed by atoms with E-state index in [4.69, 9.17) is 5.73 Å². The minimum atomic E-state index is -0.416. The van der Waals surface area contributed by atoms with E-state index in [9.17, 15) is 9.59 Å². The van der Waals surface area contributed by atoms with Crippen LogP contribution >= 0.6 is 11.3 Å². The van der Waals surface area contributed by atoms with Crippen molar-refractivity contribution in [2.24, 2.45) is 0 Å². The van der Waals surface area contributed by atoms with Gasteiger partial charge in [-0.15, -0.1) is 11.3 Å². The Hall–Kier alpha value is -2.14. The maximum Gasteiger partial charge on any atom is 0.261 e. The minimum Gasteiger partial charge on any atom is -0.398 e. The fraction of sp³-hybridized carbons (Fsp3) is 0. The summed E-state index contributed by atoms with van der Waals surface area (Å²) >= 11 is 1.52. The molecule has 3 N–H and O–H groups in total. The number of hydrogen-bond donors (Lipinski definition) is 2. The first kappa shape index (κ1) is 10.0. The Morgan fingerprint density at radius 3 is 2.53 bits per heavy atom. The molecule has 5 heteroatoms. The summed E-state index contributed by atoms with van der Waals surface area (Å²) in [6, 6.07) is 7.24. The quantitative estimate of drug-likeness (QED) is 0.594. The second-order valence-corrected chi connectivity index (χ2v) is 4.66. The van der Waals surface area contributed by atoms with Crippen molar-refractivity contribution in [2.45, 2.75) is 0 Å². The average Bonchev–Trinajstić information content (AvgIpc) is 2.89. The first-order valence-corrected chi connectivity index (χ1v) is 5.88. The van der Waals surface area contributed by atoms with Crippen LogP contribution in [-0.2, 0) is 0 Å². The zero-order chi connectivity index (χ0) is 12.0. The van der Waals surface area contributed by atoms with Crippen LogP contribution in [0.25, 0.3) is 10.4 Å². The number of nitrogens with one attached hydrogen (secondary N) is 1. The first-order chi connectivity index (χ1) is 8.18. The van der Waals surface area contributed by atoms with E-state index in [1.807, 2.05) is 17.5 Å². The lowest BCUT2D eigenvalue weighted by atomic mass is 10.00. The molecular weight excluding hydrogens is 236 g/mol. The summed E-state index contributed by atoms with van der Waals surface area (Å²) in [6.07, 6.45) is 0. The summed E-state index contributed by atoms with van der Waals surface area (Å²) in [5, 5.41) is 4.20. The molecule has 0 atom stereocenters. The van der Waals surface area contributed by atoms with E-state index in [0.29, 0.717) is 16.8 Å². The van der Waals surface area contributed by atoms with E-state index in [2.05, 4.69) is 5.32 Å². The average molecular weight is 244 g/mol. The molecule has 0 spiro atoms. The lowest BCUT2D eigenvalue weighted by Gasteiger charge is -2.05. The van der Waals surface area contributed by atoms with Crippen molar-refractivity contribution in [3.05, 3.63) is 40.8 Å². The van der Waals surface area contributed by atoms with Gasteiger partial charge in [-0.2, -0.15) is 0 Å². The Morgan fingerprint density at radius 1 is 1.06 bits per heavy atom. The van der Waals surface area contributed by atoms with Crippen molar-refractivity contribution in [3.8, 4) is 10.4 Å². The number of thiophene rings is 1. The Morgan fingerprint density at radius 2 is 1.82 bits per heavy atom. The Bertz CT molecular complexity index is 632. The number of rotatable bonds is 1. The molecule has 0 bridgehead atoms. The molecule has 0 aliphatic carbocycles. The fourth-order valence-electron chi connectivity index (χ4n) is 1.96. The third-order valence-corrected chi connectivity index (χ3v) is 3.61. The predicted octanol–water partition coefficient (Wildman–Crippen LogP) is 1.88. The Balaban J connectivity index is 2.34. The summed E-state index contributed by atoms with van der Waals surface area (Å²) in [7, 11) is 0. The smallest absolute Gasteiger partial charge is 0.261 e. The van der Waals surface area contributed by atoms with E-state index in [-0.39, 0.29) is 5.91 Å². The number of hydrogen-bond acceptors (Lipinski definition) is 4. The molecule has 0 unspecified atom stereocenters. The van der Waals surface area contributed by atoms with Crippen LogP contribution in [0.3, 0.4) is 0 Å². The Labute approximate surface area is 101 Å². The monoisotopic (exact) mass is 244 g/mol. The highest BCUT2D eigenvalue weighted by atomic mass is 32.1. The van der Waals surface area contributed by atoms with Crippen LogP contribution in [0.15, 0.2) is 29.6 Å².